The molecule has 0 spiro atoms. The van der Waals surface area contributed by atoms with Crippen molar-refractivity contribution < 1.29 is 32.9 Å². The molecule has 0 bridgehead atoms. The van der Waals surface area contributed by atoms with Crippen LogP contribution in [0.3, 0.4) is 0 Å². The molecule has 33 heavy (non-hydrogen) atoms. The Morgan fingerprint density at radius 3 is 1.09 bits per heavy atom. The molecule has 8 nitrogen and oxygen atoms in total. The highest BCUT2D eigenvalue weighted by molar-refractivity contribution is 6.74. The van der Waals surface area contributed by atoms with E-state index >= 15 is 0 Å². The Labute approximate surface area is 220 Å². The molecule has 0 aliphatic carbocycles. The minimum Gasteiger partial charge on any atom is -0.425 e. The summed E-state index contributed by atoms with van der Waals surface area (Å²) in [7, 11) is -9.01. The molecular weight excluding hydrogens is 557 g/mol. The molecule has 0 amide bonds. The predicted molar refractivity (Wildman–Crippen MR) is 155 cm³/mol. The van der Waals surface area contributed by atoms with Crippen LogP contribution in [0.2, 0.25) is 12.6 Å². The van der Waals surface area contributed by atoms with Crippen LogP contribution in [-0.2, 0) is 32.9 Å². The summed E-state index contributed by atoms with van der Waals surface area (Å²) in [6.07, 6.45) is 19.3. The quantitative estimate of drug-likeness (QED) is 0.186. The third-order valence-corrected chi connectivity index (χ3v) is 20.8. The molecule has 0 aromatic carbocycles. The van der Waals surface area contributed by atoms with E-state index in [9.17, 15) is 0 Å². The average Bonchev–Trinajstić information content (AvgIpc) is 2.81. The van der Waals surface area contributed by atoms with Gasteiger partial charge in [0.2, 0.25) is 0 Å². The Morgan fingerprint density at radius 1 is 0.424 bits per heavy atom. The van der Waals surface area contributed by atoms with Gasteiger partial charge in [-0.25, -0.2) is 0 Å². The maximum Gasteiger partial charge on any atom is 0.316 e. The fraction of sp³-hybridized carbons (Fsp3) is 1.00. The molecular formula is C17H50O8Si8. The summed E-state index contributed by atoms with van der Waals surface area (Å²) in [5.74, 6) is 0. The number of hydrogen-bond acceptors (Lipinski definition) is 8. The maximum absolute atomic E-state index is 6.23. The van der Waals surface area contributed by atoms with Crippen molar-refractivity contribution in [2.24, 2.45) is 0 Å². The van der Waals surface area contributed by atoms with Gasteiger partial charge in [0, 0.05) is 0 Å². The first-order valence-corrected chi connectivity index (χ1v) is 23.6. The van der Waals surface area contributed by atoms with Gasteiger partial charge in [-0.2, -0.15) is 0 Å². The minimum atomic E-state index is -2.19. The first-order valence-electron chi connectivity index (χ1n) is 13.0. The Morgan fingerprint density at radius 2 is 0.727 bits per heavy atom. The monoisotopic (exact) mass is 606 g/mol. The SMILES string of the molecule is CCCCCCCCCCCCCCCC[Si]1(C)O[SiH2]O[SiH2]O[SiH2]O[SiH2]O[SiH2]O[SiH2]O[SiH2]O1. The van der Waals surface area contributed by atoms with E-state index in [2.05, 4.69) is 13.5 Å². The van der Waals surface area contributed by atoms with Crippen molar-refractivity contribution in [3.63, 3.8) is 0 Å². The normalized spacial score (nSPS) is 27.5. The van der Waals surface area contributed by atoms with Gasteiger partial charge in [0.25, 0.3) is 70.0 Å². The van der Waals surface area contributed by atoms with Gasteiger partial charge in [0.1, 0.15) is 0 Å². The summed E-state index contributed by atoms with van der Waals surface area (Å²) < 4.78 is 46.1. The minimum absolute atomic E-state index is 0.920. The molecule has 0 saturated carbocycles. The van der Waals surface area contributed by atoms with Crippen molar-refractivity contribution in [1.82, 2.24) is 0 Å². The van der Waals surface area contributed by atoms with E-state index in [1.807, 2.05) is 0 Å². The number of rotatable bonds is 15. The van der Waals surface area contributed by atoms with Gasteiger partial charge in [-0.1, -0.05) is 96.8 Å². The molecule has 1 rings (SSSR count). The fourth-order valence-electron chi connectivity index (χ4n) is 3.66. The van der Waals surface area contributed by atoms with Crippen LogP contribution in [0.25, 0.3) is 0 Å². The topological polar surface area (TPSA) is 73.8 Å². The van der Waals surface area contributed by atoms with Crippen molar-refractivity contribution in [3.05, 3.63) is 0 Å². The second kappa shape index (κ2) is 25.1. The van der Waals surface area contributed by atoms with E-state index in [-0.39, 0.29) is 0 Å². The second-order valence-electron chi connectivity index (χ2n) is 8.82. The van der Waals surface area contributed by atoms with Crippen LogP contribution in [0, 0.1) is 0 Å². The van der Waals surface area contributed by atoms with Crippen LogP contribution in [0.5, 0.6) is 0 Å². The van der Waals surface area contributed by atoms with Crippen molar-refractivity contribution in [3.8, 4) is 0 Å². The van der Waals surface area contributed by atoms with Gasteiger partial charge >= 0.3 is 8.56 Å². The van der Waals surface area contributed by atoms with Crippen molar-refractivity contribution in [2.75, 3.05) is 0 Å². The molecule has 16 heteroatoms. The zero-order valence-corrected chi connectivity index (χ0v) is 32.2. The van der Waals surface area contributed by atoms with Crippen molar-refractivity contribution in [2.45, 2.75) is 109 Å². The third-order valence-electron chi connectivity index (χ3n) is 5.71. The number of hydrogen-bond donors (Lipinski definition) is 0. The molecule has 1 saturated heterocycles. The van der Waals surface area contributed by atoms with Gasteiger partial charge in [0.15, 0.2) is 0 Å². The lowest BCUT2D eigenvalue weighted by molar-refractivity contribution is 0.322. The van der Waals surface area contributed by atoms with E-state index in [4.69, 9.17) is 32.9 Å². The van der Waals surface area contributed by atoms with E-state index < -0.39 is 78.6 Å². The van der Waals surface area contributed by atoms with Crippen molar-refractivity contribution in [1.29, 1.82) is 0 Å². The summed E-state index contributed by atoms with van der Waals surface area (Å²) in [5.41, 5.74) is 0. The highest BCUT2D eigenvalue weighted by Gasteiger charge is 2.30. The van der Waals surface area contributed by atoms with Crippen LogP contribution >= 0.6 is 0 Å². The zero-order chi connectivity index (χ0) is 23.7. The maximum atomic E-state index is 6.23. The van der Waals surface area contributed by atoms with Gasteiger partial charge in [-0.05, 0) is 12.6 Å². The zero-order valence-electron chi connectivity index (χ0n) is 21.3. The van der Waals surface area contributed by atoms with Crippen LogP contribution in [-0.4, -0.2) is 78.6 Å². The smallest absolute Gasteiger partial charge is 0.316 e. The molecule has 0 aromatic rings. The second-order valence-corrected chi connectivity index (χ2v) is 25.3. The lowest BCUT2D eigenvalue weighted by atomic mass is 10.0. The molecule has 0 radical (unpaired) electrons. The molecule has 1 fully saturated rings. The molecule has 0 unspecified atom stereocenters. The third kappa shape index (κ3) is 22.3. The molecule has 0 atom stereocenters. The van der Waals surface area contributed by atoms with E-state index in [1.54, 1.807) is 0 Å². The van der Waals surface area contributed by atoms with Crippen LogP contribution in [0.1, 0.15) is 96.8 Å². The summed E-state index contributed by atoms with van der Waals surface area (Å²) in [6.45, 7) is 4.46. The van der Waals surface area contributed by atoms with Crippen LogP contribution in [0.4, 0.5) is 0 Å². The molecule has 1 aliphatic rings. The highest BCUT2D eigenvalue weighted by Crippen LogP contribution is 2.19. The molecule has 198 valence electrons. The summed E-state index contributed by atoms with van der Waals surface area (Å²) >= 11 is 0. The molecule has 1 aliphatic heterocycles. The van der Waals surface area contributed by atoms with Gasteiger partial charge < -0.3 is 32.9 Å². The first-order chi connectivity index (χ1) is 16.3. The highest BCUT2D eigenvalue weighted by atomic mass is 28.5. The predicted octanol–water partition coefficient (Wildman–Crippen LogP) is -0.322. The Kier molecular flexibility index (Phi) is 24.7. The van der Waals surface area contributed by atoms with Crippen LogP contribution in [0.15, 0.2) is 0 Å². The van der Waals surface area contributed by atoms with E-state index in [0.717, 1.165) is 6.04 Å². The molecule has 1 heterocycles. The van der Waals surface area contributed by atoms with E-state index in [1.165, 1.54) is 89.9 Å². The van der Waals surface area contributed by atoms with Gasteiger partial charge in [-0.3, -0.25) is 0 Å². The largest absolute Gasteiger partial charge is 0.425 e. The fourth-order valence-corrected chi connectivity index (χ4v) is 20.2. The van der Waals surface area contributed by atoms with Gasteiger partial charge in [0.05, 0.1) is 0 Å². The van der Waals surface area contributed by atoms with E-state index in [0.29, 0.717) is 0 Å². The summed E-state index contributed by atoms with van der Waals surface area (Å²) in [4.78, 5) is 0. The lowest BCUT2D eigenvalue weighted by Gasteiger charge is -2.28. The standard InChI is InChI=1S/C17H50O8Si8/c1-3-4-5-6-7-8-9-10-11-12-13-14-15-16-17-33(2)24-31-22-29-20-27-18-26-19-28-21-30-23-32-25-33/h3-17,26-32H2,1-2H3. The van der Waals surface area contributed by atoms with Crippen molar-refractivity contribution >= 4 is 78.6 Å². The Hall–Kier alpha value is 1.42. The Balaban J connectivity index is 2.06. The Bertz CT molecular complexity index is 403. The molecule has 0 N–H and O–H groups in total. The number of unbranched alkanes of at least 4 members (excludes halogenated alkanes) is 13. The van der Waals surface area contributed by atoms with Crippen LogP contribution < -0.4 is 0 Å². The average molecular weight is 607 g/mol. The summed E-state index contributed by atoms with van der Waals surface area (Å²) in [6, 6.07) is 1.03. The molecule has 0 aromatic heterocycles. The lowest BCUT2D eigenvalue weighted by Crippen LogP contribution is -2.42. The van der Waals surface area contributed by atoms with Gasteiger partial charge in [-0.15, -0.1) is 0 Å². The first kappa shape index (κ1) is 32.4. The summed E-state index contributed by atoms with van der Waals surface area (Å²) in [5, 5.41) is 0.